The predicted molar refractivity (Wildman–Crippen MR) is 119 cm³/mol. The van der Waals surface area contributed by atoms with Crippen LogP contribution in [0.3, 0.4) is 0 Å². The molecule has 9 nitrogen and oxygen atoms in total. The molecule has 1 aliphatic heterocycles. The van der Waals surface area contributed by atoms with E-state index in [1.54, 1.807) is 45.0 Å². The van der Waals surface area contributed by atoms with Gasteiger partial charge in [-0.05, 0) is 30.5 Å². The summed E-state index contributed by atoms with van der Waals surface area (Å²) in [5.41, 5.74) is 1.60. The zero-order valence-electron chi connectivity index (χ0n) is 18.0. The molecule has 0 aliphatic carbocycles. The van der Waals surface area contributed by atoms with Crippen molar-refractivity contribution in [2.45, 2.75) is 33.4 Å². The lowest BCUT2D eigenvalue weighted by Crippen LogP contribution is -2.45. The lowest BCUT2D eigenvalue weighted by molar-refractivity contribution is -0.147. The molecule has 0 fully saturated rings. The molecule has 3 rings (SSSR count). The van der Waals surface area contributed by atoms with Gasteiger partial charge in [-0.2, -0.15) is 10.1 Å². The molecule has 1 heterocycles. The first-order chi connectivity index (χ1) is 15.4. The molecule has 2 aromatic carbocycles. The number of anilines is 1. The second-order valence-electron chi connectivity index (χ2n) is 7.42. The summed E-state index contributed by atoms with van der Waals surface area (Å²) in [5, 5.41) is 11.6. The van der Waals surface area contributed by atoms with Crippen molar-refractivity contribution < 1.29 is 24.0 Å². The number of nitrogens with zero attached hydrogens (tertiary/aromatic N) is 3. The number of para-hydroxylation sites is 1. The Bertz CT molecular complexity index is 1030. The van der Waals surface area contributed by atoms with Crippen molar-refractivity contribution in [3.8, 4) is 0 Å². The molecule has 9 heteroatoms. The van der Waals surface area contributed by atoms with Crippen LogP contribution in [-0.2, 0) is 25.8 Å². The van der Waals surface area contributed by atoms with Gasteiger partial charge in [0.2, 0.25) is 0 Å². The van der Waals surface area contributed by atoms with E-state index in [1.807, 2.05) is 36.4 Å². The van der Waals surface area contributed by atoms with Crippen LogP contribution in [0.4, 0.5) is 10.5 Å². The van der Waals surface area contributed by atoms with Crippen LogP contribution in [0.25, 0.3) is 0 Å². The summed E-state index contributed by atoms with van der Waals surface area (Å²) in [4.78, 5) is 42.3. The summed E-state index contributed by atoms with van der Waals surface area (Å²) in [6, 6.07) is 17.0. The first-order valence-electron chi connectivity index (χ1n) is 10.1. The van der Waals surface area contributed by atoms with E-state index < -0.39 is 24.0 Å². The highest BCUT2D eigenvalue weighted by molar-refractivity contribution is 6.71. The highest BCUT2D eigenvalue weighted by atomic mass is 16.7. The smallest absolute Gasteiger partial charge is 0.408 e. The highest BCUT2D eigenvalue weighted by Crippen LogP contribution is 2.19. The fraction of sp³-hybridized carbons (Fsp3) is 0.261. The molecule has 0 unspecified atom stereocenters. The van der Waals surface area contributed by atoms with Crippen molar-refractivity contribution in [3.63, 3.8) is 0 Å². The third kappa shape index (κ3) is 5.57. The molecule has 166 valence electrons. The minimum Gasteiger partial charge on any atom is -0.445 e. The van der Waals surface area contributed by atoms with Gasteiger partial charge in [-0.25, -0.2) is 9.59 Å². The minimum absolute atomic E-state index is 0.0638. The number of amides is 2. The fourth-order valence-electron chi connectivity index (χ4n) is 2.88. The number of hydrazone groups is 1. The number of nitrogens with one attached hydrogen (secondary N) is 1. The van der Waals surface area contributed by atoms with Crippen LogP contribution in [0.1, 0.15) is 26.3 Å². The van der Waals surface area contributed by atoms with E-state index in [4.69, 9.17) is 9.57 Å². The summed E-state index contributed by atoms with van der Waals surface area (Å²) in [7, 11) is 0. The lowest BCUT2D eigenvalue weighted by Gasteiger charge is -2.19. The summed E-state index contributed by atoms with van der Waals surface area (Å²) < 4.78 is 5.16. The van der Waals surface area contributed by atoms with Crippen molar-refractivity contribution >= 4 is 35.1 Å². The minimum atomic E-state index is -1.01. The zero-order chi connectivity index (χ0) is 23.1. The average Bonchev–Trinajstić information content (AvgIpc) is 3.08. The number of rotatable bonds is 7. The molecule has 0 bridgehead atoms. The van der Waals surface area contributed by atoms with E-state index >= 15 is 0 Å². The number of alkyl carbamates (subject to hydrolysis) is 1. The Balaban J connectivity index is 1.61. The number of benzene rings is 2. The Labute approximate surface area is 185 Å². The van der Waals surface area contributed by atoms with Crippen LogP contribution in [-0.4, -0.2) is 35.4 Å². The first-order valence-corrected chi connectivity index (χ1v) is 10.1. The number of carbonyl (C=O) groups is 3. The van der Waals surface area contributed by atoms with Crippen LogP contribution in [0.15, 0.2) is 70.9 Å². The molecule has 2 amide bonds. The molecule has 32 heavy (non-hydrogen) atoms. The third-order valence-electron chi connectivity index (χ3n) is 4.62. The standard InChI is InChI=1S/C23H24N4O5/c1-15(2)19(24-23(30)31-14-17-10-6-4-7-11-17)22(29)32-26-20-16(3)25-27(21(20)28)18-12-8-5-9-13-18/h4-13,15,19H,14H2,1-3H3,(H,24,30)/b26-20-/t19-/m0/s1. The van der Waals surface area contributed by atoms with E-state index in [9.17, 15) is 14.4 Å². The van der Waals surface area contributed by atoms with E-state index in [2.05, 4.69) is 15.6 Å². The molecule has 1 N–H and O–H groups in total. The van der Waals surface area contributed by atoms with E-state index in [0.717, 1.165) is 5.56 Å². The highest BCUT2D eigenvalue weighted by Gasteiger charge is 2.33. The van der Waals surface area contributed by atoms with Crippen molar-refractivity contribution in [2.75, 3.05) is 5.01 Å². The average molecular weight is 436 g/mol. The Morgan fingerprint density at radius 3 is 2.31 bits per heavy atom. The van der Waals surface area contributed by atoms with Gasteiger partial charge in [0, 0.05) is 0 Å². The third-order valence-corrected chi connectivity index (χ3v) is 4.62. The molecule has 0 spiro atoms. The summed E-state index contributed by atoms with van der Waals surface area (Å²) in [5.74, 6) is -1.64. The topological polar surface area (TPSA) is 110 Å². The van der Waals surface area contributed by atoms with Crippen LogP contribution in [0.5, 0.6) is 0 Å². The number of oxime groups is 1. The number of hydrogen-bond donors (Lipinski definition) is 1. The normalized spacial score (nSPS) is 15.5. The van der Waals surface area contributed by atoms with Gasteiger partial charge >= 0.3 is 18.0 Å². The van der Waals surface area contributed by atoms with Crippen molar-refractivity contribution in [1.82, 2.24) is 5.32 Å². The summed E-state index contributed by atoms with van der Waals surface area (Å²) in [6.45, 7) is 5.13. The maximum atomic E-state index is 12.6. The van der Waals surface area contributed by atoms with Gasteiger partial charge in [0.1, 0.15) is 12.6 Å². The molecule has 1 aliphatic rings. The van der Waals surface area contributed by atoms with Crippen LogP contribution in [0.2, 0.25) is 0 Å². The van der Waals surface area contributed by atoms with E-state index in [1.165, 1.54) is 5.01 Å². The van der Waals surface area contributed by atoms with Crippen LogP contribution >= 0.6 is 0 Å². The Kier molecular flexibility index (Phi) is 7.33. The van der Waals surface area contributed by atoms with Gasteiger partial charge in [-0.1, -0.05) is 67.5 Å². The van der Waals surface area contributed by atoms with E-state index in [-0.39, 0.29) is 18.2 Å². The molecule has 0 aromatic heterocycles. The van der Waals surface area contributed by atoms with Gasteiger partial charge in [-0.3, -0.25) is 4.79 Å². The monoisotopic (exact) mass is 436 g/mol. The first kappa shape index (κ1) is 22.7. The quantitative estimate of drug-likeness (QED) is 0.529. The number of ether oxygens (including phenoxy) is 1. The SMILES string of the molecule is CC1=NN(c2ccccc2)C(=O)/C1=N\OC(=O)[C@@H](NC(=O)OCc1ccccc1)C(C)C. The van der Waals surface area contributed by atoms with Gasteiger partial charge in [-0.15, -0.1) is 0 Å². The van der Waals surface area contributed by atoms with E-state index in [0.29, 0.717) is 11.4 Å². The molecule has 0 saturated heterocycles. The van der Waals surface area contributed by atoms with Crippen LogP contribution < -0.4 is 10.3 Å². The Morgan fingerprint density at radius 2 is 1.69 bits per heavy atom. The van der Waals surface area contributed by atoms with Crippen molar-refractivity contribution in [1.29, 1.82) is 0 Å². The second kappa shape index (κ2) is 10.3. The Morgan fingerprint density at radius 1 is 1.06 bits per heavy atom. The molecule has 0 radical (unpaired) electrons. The largest absolute Gasteiger partial charge is 0.445 e. The predicted octanol–water partition coefficient (Wildman–Crippen LogP) is 3.26. The second-order valence-corrected chi connectivity index (χ2v) is 7.42. The molecular weight excluding hydrogens is 412 g/mol. The molecule has 0 saturated carbocycles. The number of hydrogen-bond acceptors (Lipinski definition) is 7. The maximum Gasteiger partial charge on any atom is 0.408 e. The van der Waals surface area contributed by atoms with Crippen molar-refractivity contribution in [3.05, 3.63) is 66.2 Å². The van der Waals surface area contributed by atoms with Crippen molar-refractivity contribution in [2.24, 2.45) is 16.2 Å². The number of carbonyl (C=O) groups excluding carboxylic acids is 3. The summed E-state index contributed by atoms with van der Waals surface area (Å²) in [6.07, 6.45) is -0.762. The van der Waals surface area contributed by atoms with Crippen LogP contribution in [0, 0.1) is 5.92 Å². The summed E-state index contributed by atoms with van der Waals surface area (Å²) >= 11 is 0. The zero-order valence-corrected chi connectivity index (χ0v) is 18.0. The maximum absolute atomic E-state index is 12.6. The van der Waals surface area contributed by atoms with Gasteiger partial charge < -0.3 is 14.9 Å². The van der Waals surface area contributed by atoms with Gasteiger partial charge in [0.25, 0.3) is 0 Å². The van der Waals surface area contributed by atoms with Gasteiger partial charge in [0.05, 0.1) is 11.4 Å². The molecule has 1 atom stereocenters. The van der Waals surface area contributed by atoms with Gasteiger partial charge in [0.15, 0.2) is 5.71 Å². The lowest BCUT2D eigenvalue weighted by atomic mass is 10.1. The fourth-order valence-corrected chi connectivity index (χ4v) is 2.88. The molecule has 2 aromatic rings. The Hall–Kier alpha value is -4.01. The molecular formula is C23H24N4O5.